The summed E-state index contributed by atoms with van der Waals surface area (Å²) in [5, 5.41) is 3.07. The quantitative estimate of drug-likeness (QED) is 0.0205. The number of unbranched alkanes of at least 4 members (excludes halogenated alkanes) is 41. The molecule has 10 heteroatoms. The second-order valence-corrected chi connectivity index (χ2v) is 26.2. The van der Waals surface area contributed by atoms with E-state index in [9.17, 15) is 19.0 Å². The van der Waals surface area contributed by atoms with Gasteiger partial charge in [0.05, 0.1) is 33.8 Å². The minimum absolute atomic E-state index is 0.0423. The highest BCUT2D eigenvalue weighted by molar-refractivity contribution is 7.47. The molecule has 0 aliphatic rings. The molecule has 0 aromatic carbocycles. The number of quaternary nitrogens is 1. The number of nitrogens with zero attached hydrogens (tertiary/aromatic N) is 1. The Morgan fingerprint density at radius 1 is 0.438 bits per heavy atom. The number of esters is 1. The van der Waals surface area contributed by atoms with E-state index in [4.69, 9.17) is 13.8 Å². The Morgan fingerprint density at radius 2 is 0.762 bits per heavy atom. The van der Waals surface area contributed by atoms with E-state index in [2.05, 4.69) is 62.5 Å². The molecule has 3 atom stereocenters. The number of carbonyl (C=O) groups excluding carboxylic acids is 2. The molecule has 470 valence electrons. The van der Waals surface area contributed by atoms with Crippen molar-refractivity contribution in [2.45, 2.75) is 348 Å². The van der Waals surface area contributed by atoms with Crippen LogP contribution in [0, 0.1) is 0 Å². The summed E-state index contributed by atoms with van der Waals surface area (Å²) >= 11 is 0. The van der Waals surface area contributed by atoms with Gasteiger partial charge in [0.15, 0.2) is 0 Å². The number of rotatable bonds is 63. The van der Waals surface area contributed by atoms with Crippen molar-refractivity contribution in [2.24, 2.45) is 0 Å². The molecule has 1 amide bonds. The number of hydrogen-bond acceptors (Lipinski definition) is 6. The van der Waals surface area contributed by atoms with Gasteiger partial charge in [-0.3, -0.25) is 18.6 Å². The molecular formula is C70H134N2O7P+. The smallest absolute Gasteiger partial charge is 0.456 e. The lowest BCUT2D eigenvalue weighted by Crippen LogP contribution is -2.47. The van der Waals surface area contributed by atoms with Gasteiger partial charge in [-0.15, -0.1) is 0 Å². The first-order chi connectivity index (χ1) is 38.9. The zero-order valence-electron chi connectivity index (χ0n) is 53.8. The number of likely N-dealkylation sites (N-methyl/N-ethyl adjacent to an activating group) is 1. The second-order valence-electron chi connectivity index (χ2n) is 24.7. The van der Waals surface area contributed by atoms with E-state index in [0.717, 1.165) is 70.6 Å². The Labute approximate surface area is 497 Å². The van der Waals surface area contributed by atoms with Gasteiger partial charge in [-0.1, -0.05) is 301 Å². The van der Waals surface area contributed by atoms with E-state index in [-0.39, 0.29) is 25.1 Å². The van der Waals surface area contributed by atoms with Crippen LogP contribution in [0.1, 0.15) is 335 Å². The first-order valence-electron chi connectivity index (χ1n) is 34.5. The number of nitrogens with one attached hydrogen (secondary N) is 1. The molecular weight excluding hydrogens is 1010 g/mol. The Hall–Kier alpha value is -2.03. The molecule has 0 aromatic heterocycles. The second kappa shape index (κ2) is 60.1. The van der Waals surface area contributed by atoms with Gasteiger partial charge >= 0.3 is 13.8 Å². The number of ether oxygens (including phenoxy) is 1. The summed E-state index contributed by atoms with van der Waals surface area (Å²) in [6.45, 7) is 7.03. The molecule has 0 aliphatic heterocycles. The van der Waals surface area contributed by atoms with E-state index >= 15 is 0 Å². The summed E-state index contributed by atoms with van der Waals surface area (Å²) in [7, 11) is 1.51. The standard InChI is InChI=1S/C70H133N2O7P/c1-7-10-13-16-19-22-25-28-30-31-32-33-34-35-36-37-38-39-40-41-42-44-47-50-53-56-59-62-69(73)71-67(66-78-80(75,76)77-65-64-72(4,5)6)68(61-58-55-52-49-46-43-27-24-21-18-15-12-9-3)79-70(74)63-60-57-54-51-48-45-29-26-23-20-17-14-11-8-2/h19,22,28,30,32-33,58,61,67-68H,7-18,20-21,23-27,29,31,34-57,59-60,62-66H2,1-6H3,(H-,71,73,75,76)/p+1/b22-19-,30-28-,33-32-,61-58-. The topological polar surface area (TPSA) is 111 Å². The Bertz CT molecular complexity index is 1510. The van der Waals surface area contributed by atoms with Crippen molar-refractivity contribution in [3.63, 3.8) is 0 Å². The van der Waals surface area contributed by atoms with E-state index in [0.29, 0.717) is 23.9 Å². The van der Waals surface area contributed by atoms with E-state index in [1.807, 2.05) is 33.3 Å². The molecule has 0 aromatic rings. The molecule has 0 rings (SSSR count). The highest BCUT2D eigenvalue weighted by Crippen LogP contribution is 2.43. The molecule has 80 heavy (non-hydrogen) atoms. The summed E-state index contributed by atoms with van der Waals surface area (Å²) in [6.07, 6.45) is 75.4. The van der Waals surface area contributed by atoms with Crippen LogP contribution in [0.25, 0.3) is 0 Å². The molecule has 0 saturated heterocycles. The maximum atomic E-state index is 13.6. The molecule has 0 heterocycles. The van der Waals surface area contributed by atoms with E-state index in [1.54, 1.807) is 0 Å². The van der Waals surface area contributed by atoms with Crippen LogP contribution in [-0.4, -0.2) is 74.3 Å². The lowest BCUT2D eigenvalue weighted by Gasteiger charge is -2.27. The highest BCUT2D eigenvalue weighted by atomic mass is 31.2. The molecule has 0 spiro atoms. The van der Waals surface area contributed by atoms with Gasteiger partial charge in [0.25, 0.3) is 0 Å². The third kappa shape index (κ3) is 60.6. The predicted molar refractivity (Wildman–Crippen MR) is 346 cm³/mol. The first kappa shape index (κ1) is 78.0. The normalized spacial score (nSPS) is 13.8. The van der Waals surface area contributed by atoms with Crippen LogP contribution in [0.15, 0.2) is 48.6 Å². The summed E-state index contributed by atoms with van der Waals surface area (Å²) in [4.78, 5) is 37.8. The molecule has 0 saturated carbocycles. The summed E-state index contributed by atoms with van der Waals surface area (Å²) in [5.74, 6) is -0.490. The largest absolute Gasteiger partial charge is 0.472 e. The molecule has 9 nitrogen and oxygen atoms in total. The summed E-state index contributed by atoms with van der Waals surface area (Å²) < 4.78 is 30.8. The van der Waals surface area contributed by atoms with Gasteiger partial charge in [-0.05, 0) is 70.3 Å². The molecule has 3 unspecified atom stereocenters. The van der Waals surface area contributed by atoms with Crippen LogP contribution >= 0.6 is 7.82 Å². The zero-order valence-corrected chi connectivity index (χ0v) is 54.7. The van der Waals surface area contributed by atoms with Crippen molar-refractivity contribution in [1.82, 2.24) is 5.32 Å². The van der Waals surface area contributed by atoms with E-state index in [1.165, 1.54) is 231 Å². The SMILES string of the molecule is CCCCC/C=C\C/C=C\C/C=C\CCCCCCCCCCCCCCCCC(=O)NC(COP(=O)(O)OCC[N+](C)(C)C)C(/C=C\CCCCCCCCCCCCC)OC(=O)CCCCCCCCCCCCCCCC. The van der Waals surface area contributed by atoms with Crippen molar-refractivity contribution in [1.29, 1.82) is 0 Å². The highest BCUT2D eigenvalue weighted by Gasteiger charge is 2.30. The molecule has 0 aliphatic carbocycles. The molecule has 0 fully saturated rings. The third-order valence-electron chi connectivity index (χ3n) is 15.5. The lowest BCUT2D eigenvalue weighted by atomic mass is 10.0. The Morgan fingerprint density at radius 3 is 1.16 bits per heavy atom. The van der Waals surface area contributed by atoms with Crippen LogP contribution in [0.3, 0.4) is 0 Å². The number of allylic oxidation sites excluding steroid dienone is 7. The van der Waals surface area contributed by atoms with Gasteiger partial charge < -0.3 is 19.4 Å². The average molecular weight is 1150 g/mol. The van der Waals surface area contributed by atoms with Crippen molar-refractivity contribution in [3.05, 3.63) is 48.6 Å². The van der Waals surface area contributed by atoms with E-state index < -0.39 is 20.0 Å². The third-order valence-corrected chi connectivity index (χ3v) is 16.5. The molecule has 2 N–H and O–H groups in total. The van der Waals surface area contributed by atoms with Crippen LogP contribution in [0.5, 0.6) is 0 Å². The molecule has 0 bridgehead atoms. The number of amides is 1. The van der Waals surface area contributed by atoms with Crippen molar-refractivity contribution >= 4 is 19.7 Å². The van der Waals surface area contributed by atoms with Crippen LogP contribution in [0.4, 0.5) is 0 Å². The summed E-state index contributed by atoms with van der Waals surface area (Å²) in [5.41, 5.74) is 0. The molecule has 0 radical (unpaired) electrons. The van der Waals surface area contributed by atoms with Gasteiger partial charge in [0, 0.05) is 12.8 Å². The van der Waals surface area contributed by atoms with Crippen molar-refractivity contribution in [2.75, 3.05) is 40.9 Å². The van der Waals surface area contributed by atoms with Gasteiger partial charge in [-0.25, -0.2) is 4.57 Å². The number of phosphoric acid groups is 1. The van der Waals surface area contributed by atoms with Crippen LogP contribution < -0.4 is 5.32 Å². The van der Waals surface area contributed by atoms with Gasteiger partial charge in [0.1, 0.15) is 19.3 Å². The maximum Gasteiger partial charge on any atom is 0.472 e. The lowest BCUT2D eigenvalue weighted by molar-refractivity contribution is -0.870. The fraction of sp³-hybridized carbons (Fsp3) is 0.857. The first-order valence-corrected chi connectivity index (χ1v) is 36.0. The number of phosphoric ester groups is 1. The minimum atomic E-state index is -4.45. The van der Waals surface area contributed by atoms with Crippen molar-refractivity contribution in [3.8, 4) is 0 Å². The maximum absolute atomic E-state index is 13.6. The number of hydrogen-bond donors (Lipinski definition) is 2. The fourth-order valence-electron chi connectivity index (χ4n) is 10.2. The predicted octanol–water partition coefficient (Wildman–Crippen LogP) is 21.6. The number of carbonyl (C=O) groups is 2. The van der Waals surface area contributed by atoms with Gasteiger partial charge in [-0.2, -0.15) is 0 Å². The average Bonchev–Trinajstić information content (AvgIpc) is 3.42. The summed E-state index contributed by atoms with van der Waals surface area (Å²) in [6, 6.07) is -0.846. The van der Waals surface area contributed by atoms with Crippen LogP contribution in [-0.2, 0) is 27.9 Å². The Kier molecular flexibility index (Phi) is 58.6. The van der Waals surface area contributed by atoms with Crippen LogP contribution in [0.2, 0.25) is 0 Å². The monoisotopic (exact) mass is 1150 g/mol. The zero-order chi connectivity index (χ0) is 58.6. The van der Waals surface area contributed by atoms with Gasteiger partial charge in [0.2, 0.25) is 5.91 Å². The minimum Gasteiger partial charge on any atom is -0.456 e. The Balaban J connectivity index is 5.02. The van der Waals surface area contributed by atoms with Crippen molar-refractivity contribution < 1.29 is 37.3 Å². The fourth-order valence-corrected chi connectivity index (χ4v) is 10.9.